The molecule has 1 saturated heterocycles. The largest absolute Gasteiger partial charge is 0.508 e. The van der Waals surface area contributed by atoms with Crippen LogP contribution in [-0.4, -0.2) is 64.7 Å². The van der Waals surface area contributed by atoms with E-state index in [0.717, 1.165) is 23.1 Å². The predicted molar refractivity (Wildman–Crippen MR) is 135 cm³/mol. The maximum Gasteiger partial charge on any atom is 0.271 e. The van der Waals surface area contributed by atoms with Crippen LogP contribution in [0.1, 0.15) is 35.8 Å². The molecule has 2 amide bonds. The van der Waals surface area contributed by atoms with Gasteiger partial charge < -0.3 is 20.2 Å². The van der Waals surface area contributed by atoms with Crippen molar-refractivity contribution in [3.63, 3.8) is 0 Å². The molecular weight excluding hydrogens is 442 g/mol. The number of benzene rings is 2. The fourth-order valence-electron chi connectivity index (χ4n) is 4.22. The second-order valence-electron chi connectivity index (χ2n) is 8.61. The number of amides is 2. The summed E-state index contributed by atoms with van der Waals surface area (Å²) < 4.78 is 0. The SMILES string of the molecule is CCCNC(=O)c1ccc(N2CCN(C(=O)CCc3ccccc3-c3cccc(O)c3)CC2)nn1. The van der Waals surface area contributed by atoms with Gasteiger partial charge in [0.2, 0.25) is 5.91 Å². The average molecular weight is 474 g/mol. The molecule has 3 aromatic rings. The molecule has 0 spiro atoms. The molecule has 0 atom stereocenters. The molecule has 8 nitrogen and oxygen atoms in total. The Morgan fingerprint density at radius 1 is 0.971 bits per heavy atom. The van der Waals surface area contributed by atoms with Gasteiger partial charge in [0.25, 0.3) is 5.91 Å². The highest BCUT2D eigenvalue weighted by Gasteiger charge is 2.22. The van der Waals surface area contributed by atoms with Crippen molar-refractivity contribution in [1.82, 2.24) is 20.4 Å². The number of carbonyl (C=O) groups is 2. The van der Waals surface area contributed by atoms with Crippen LogP contribution in [0.5, 0.6) is 5.75 Å². The summed E-state index contributed by atoms with van der Waals surface area (Å²) in [5.74, 6) is 0.853. The Labute approximate surface area is 205 Å². The number of hydrogen-bond acceptors (Lipinski definition) is 6. The Morgan fingerprint density at radius 3 is 2.49 bits per heavy atom. The molecule has 2 aromatic carbocycles. The number of nitrogens with one attached hydrogen (secondary N) is 1. The molecular formula is C27H31N5O3. The Morgan fingerprint density at radius 2 is 1.77 bits per heavy atom. The van der Waals surface area contributed by atoms with Gasteiger partial charge in [0, 0.05) is 39.1 Å². The highest BCUT2D eigenvalue weighted by molar-refractivity contribution is 5.92. The number of hydrogen-bond donors (Lipinski definition) is 2. The van der Waals surface area contributed by atoms with E-state index in [4.69, 9.17) is 0 Å². The van der Waals surface area contributed by atoms with E-state index >= 15 is 0 Å². The number of aryl methyl sites for hydroxylation is 1. The summed E-state index contributed by atoms with van der Waals surface area (Å²) in [6.45, 7) is 5.18. The first-order valence-electron chi connectivity index (χ1n) is 12.1. The molecule has 4 rings (SSSR count). The maximum atomic E-state index is 12.9. The quantitative estimate of drug-likeness (QED) is 0.521. The molecule has 0 bridgehead atoms. The van der Waals surface area contributed by atoms with Gasteiger partial charge in [-0.25, -0.2) is 0 Å². The van der Waals surface area contributed by atoms with Crippen LogP contribution in [0.2, 0.25) is 0 Å². The van der Waals surface area contributed by atoms with Crippen molar-refractivity contribution in [2.75, 3.05) is 37.6 Å². The molecule has 35 heavy (non-hydrogen) atoms. The molecule has 2 heterocycles. The Hall–Kier alpha value is -3.94. The lowest BCUT2D eigenvalue weighted by Gasteiger charge is -2.35. The number of carbonyl (C=O) groups excluding carboxylic acids is 2. The summed E-state index contributed by atoms with van der Waals surface area (Å²) in [4.78, 5) is 28.9. The van der Waals surface area contributed by atoms with Crippen molar-refractivity contribution in [3.8, 4) is 16.9 Å². The zero-order valence-corrected chi connectivity index (χ0v) is 20.0. The van der Waals surface area contributed by atoms with Gasteiger partial charge in [-0.15, -0.1) is 10.2 Å². The normalized spacial score (nSPS) is 13.5. The molecule has 182 valence electrons. The van der Waals surface area contributed by atoms with Crippen molar-refractivity contribution in [2.45, 2.75) is 26.2 Å². The van der Waals surface area contributed by atoms with Crippen LogP contribution in [0, 0.1) is 0 Å². The Balaban J connectivity index is 1.30. The Kier molecular flexibility index (Phi) is 7.92. The van der Waals surface area contributed by atoms with Crippen molar-refractivity contribution in [1.29, 1.82) is 0 Å². The van der Waals surface area contributed by atoms with Gasteiger partial charge in [0.05, 0.1) is 0 Å². The summed E-state index contributed by atoms with van der Waals surface area (Å²) in [7, 11) is 0. The van der Waals surface area contributed by atoms with Crippen molar-refractivity contribution in [3.05, 3.63) is 71.9 Å². The van der Waals surface area contributed by atoms with E-state index in [1.165, 1.54) is 0 Å². The van der Waals surface area contributed by atoms with E-state index in [1.54, 1.807) is 18.2 Å². The standard InChI is InChI=1S/C27H31N5O3/c1-2-14-28-27(35)24-11-12-25(30-29-24)31-15-17-32(18-16-31)26(34)13-10-20-6-3-4-9-23(20)21-7-5-8-22(33)19-21/h3-9,11-12,19,33H,2,10,13-18H2,1H3,(H,28,35). The third-order valence-corrected chi connectivity index (χ3v) is 6.16. The average Bonchev–Trinajstić information content (AvgIpc) is 2.90. The Bertz CT molecular complexity index is 1160. The highest BCUT2D eigenvalue weighted by atomic mass is 16.3. The smallest absolute Gasteiger partial charge is 0.271 e. The van der Waals surface area contributed by atoms with E-state index in [2.05, 4.69) is 20.4 Å². The van der Waals surface area contributed by atoms with Gasteiger partial charge in [-0.2, -0.15) is 0 Å². The van der Waals surface area contributed by atoms with Crippen LogP contribution in [-0.2, 0) is 11.2 Å². The number of nitrogens with zero attached hydrogens (tertiary/aromatic N) is 4. The second kappa shape index (κ2) is 11.5. The van der Waals surface area contributed by atoms with Crippen molar-refractivity contribution < 1.29 is 14.7 Å². The van der Waals surface area contributed by atoms with Gasteiger partial charge in [0.1, 0.15) is 5.75 Å². The first-order valence-corrected chi connectivity index (χ1v) is 12.1. The summed E-state index contributed by atoms with van der Waals surface area (Å²) in [6.07, 6.45) is 1.93. The van der Waals surface area contributed by atoms with Crippen LogP contribution >= 0.6 is 0 Å². The number of aromatic nitrogens is 2. The van der Waals surface area contributed by atoms with Gasteiger partial charge in [-0.1, -0.05) is 43.3 Å². The summed E-state index contributed by atoms with van der Waals surface area (Å²) in [6, 6.07) is 18.7. The number of anilines is 1. The molecule has 1 aromatic heterocycles. The van der Waals surface area contributed by atoms with E-state index in [0.29, 0.717) is 57.1 Å². The lowest BCUT2D eigenvalue weighted by molar-refractivity contribution is -0.131. The first kappa shape index (κ1) is 24.2. The third-order valence-electron chi connectivity index (χ3n) is 6.16. The van der Waals surface area contributed by atoms with Gasteiger partial charge in [-0.05, 0) is 53.8 Å². The molecule has 1 fully saturated rings. The zero-order valence-electron chi connectivity index (χ0n) is 20.0. The fourth-order valence-corrected chi connectivity index (χ4v) is 4.22. The number of phenols is 1. The topological polar surface area (TPSA) is 98.7 Å². The molecule has 2 N–H and O–H groups in total. The lowest BCUT2D eigenvalue weighted by Crippen LogP contribution is -2.49. The minimum atomic E-state index is -0.216. The minimum Gasteiger partial charge on any atom is -0.508 e. The summed E-state index contributed by atoms with van der Waals surface area (Å²) >= 11 is 0. The summed E-state index contributed by atoms with van der Waals surface area (Å²) in [5, 5.41) is 20.9. The zero-order chi connectivity index (χ0) is 24.6. The molecule has 0 radical (unpaired) electrons. The highest BCUT2D eigenvalue weighted by Crippen LogP contribution is 2.27. The van der Waals surface area contributed by atoms with Crippen molar-refractivity contribution in [2.24, 2.45) is 0 Å². The van der Waals surface area contributed by atoms with E-state index in [1.807, 2.05) is 54.3 Å². The van der Waals surface area contributed by atoms with E-state index in [9.17, 15) is 14.7 Å². The van der Waals surface area contributed by atoms with Crippen LogP contribution in [0.3, 0.4) is 0 Å². The van der Waals surface area contributed by atoms with Gasteiger partial charge in [0.15, 0.2) is 11.5 Å². The maximum absolute atomic E-state index is 12.9. The molecule has 0 unspecified atom stereocenters. The number of phenolic OH excluding ortho intramolecular Hbond substituents is 1. The van der Waals surface area contributed by atoms with Crippen LogP contribution < -0.4 is 10.2 Å². The molecule has 1 aliphatic rings. The molecule has 0 aliphatic carbocycles. The van der Waals surface area contributed by atoms with E-state index in [-0.39, 0.29) is 17.6 Å². The van der Waals surface area contributed by atoms with Crippen LogP contribution in [0.15, 0.2) is 60.7 Å². The summed E-state index contributed by atoms with van der Waals surface area (Å²) in [5.41, 5.74) is 3.37. The van der Waals surface area contributed by atoms with E-state index < -0.39 is 0 Å². The molecule has 8 heteroatoms. The predicted octanol–water partition coefficient (Wildman–Crippen LogP) is 3.27. The monoisotopic (exact) mass is 473 g/mol. The first-order chi connectivity index (χ1) is 17.0. The minimum absolute atomic E-state index is 0.129. The van der Waals surface area contributed by atoms with Gasteiger partial charge in [-0.3, -0.25) is 9.59 Å². The number of aromatic hydroxyl groups is 1. The molecule has 1 aliphatic heterocycles. The van der Waals surface area contributed by atoms with Crippen LogP contribution in [0.25, 0.3) is 11.1 Å². The van der Waals surface area contributed by atoms with Gasteiger partial charge >= 0.3 is 0 Å². The van der Waals surface area contributed by atoms with Crippen LogP contribution in [0.4, 0.5) is 5.82 Å². The fraction of sp³-hybridized carbons (Fsp3) is 0.333. The number of piperazine rings is 1. The second-order valence-corrected chi connectivity index (χ2v) is 8.61. The number of rotatable bonds is 8. The van der Waals surface area contributed by atoms with Crippen molar-refractivity contribution >= 4 is 17.6 Å². The lowest BCUT2D eigenvalue weighted by atomic mass is 9.96. The third kappa shape index (κ3) is 6.15. The molecule has 0 saturated carbocycles.